The van der Waals surface area contributed by atoms with Crippen LogP contribution in [-0.4, -0.2) is 19.7 Å². The minimum absolute atomic E-state index is 0.0486. The van der Waals surface area contributed by atoms with Gasteiger partial charge in [0.15, 0.2) is 5.82 Å². The van der Waals surface area contributed by atoms with Crippen molar-refractivity contribution in [2.24, 2.45) is 0 Å². The summed E-state index contributed by atoms with van der Waals surface area (Å²) in [7, 11) is 0. The van der Waals surface area contributed by atoms with E-state index >= 15 is 0 Å². The van der Waals surface area contributed by atoms with Gasteiger partial charge in [0, 0.05) is 17.2 Å². The van der Waals surface area contributed by atoms with Crippen LogP contribution in [0.1, 0.15) is 38.0 Å². The van der Waals surface area contributed by atoms with E-state index in [2.05, 4.69) is 58.4 Å². The molecule has 0 aromatic carbocycles. The number of nitrogens with two attached hydrogens (primary N) is 1. The Morgan fingerprint density at radius 1 is 1.21 bits per heavy atom. The molecule has 0 atom stereocenters. The number of aryl methyl sites for hydroxylation is 2. The number of anilines is 1. The van der Waals surface area contributed by atoms with E-state index in [1.807, 2.05) is 19.9 Å². The summed E-state index contributed by atoms with van der Waals surface area (Å²) in [5, 5.41) is 4.63. The number of rotatable bonds is 1. The third-order valence-corrected chi connectivity index (χ3v) is 3.80. The van der Waals surface area contributed by atoms with Crippen LogP contribution in [0.25, 0.3) is 5.82 Å². The van der Waals surface area contributed by atoms with E-state index in [4.69, 9.17) is 5.73 Å². The molecule has 2 aromatic rings. The summed E-state index contributed by atoms with van der Waals surface area (Å²) in [6, 6.07) is 1.89. The van der Waals surface area contributed by atoms with Gasteiger partial charge >= 0.3 is 0 Å². The van der Waals surface area contributed by atoms with Crippen molar-refractivity contribution in [2.75, 3.05) is 5.73 Å². The Labute approximate surface area is 126 Å². The lowest BCUT2D eigenvalue weighted by molar-refractivity contribution is 0.556. The fraction of sp³-hybridized carbons (Fsp3) is 0.462. The van der Waals surface area contributed by atoms with Crippen LogP contribution in [-0.2, 0) is 5.41 Å². The fourth-order valence-corrected chi connectivity index (χ4v) is 3.02. The second kappa shape index (κ2) is 4.73. The smallest absolute Gasteiger partial charge is 0.159 e. The molecule has 0 aliphatic carbocycles. The molecule has 19 heavy (non-hydrogen) atoms. The minimum atomic E-state index is -0.0486. The predicted molar refractivity (Wildman–Crippen MR) is 84.5 cm³/mol. The Morgan fingerprint density at radius 2 is 1.84 bits per heavy atom. The van der Waals surface area contributed by atoms with E-state index in [0.29, 0.717) is 5.82 Å². The lowest BCUT2D eigenvalue weighted by atomic mass is 9.92. The van der Waals surface area contributed by atoms with Gasteiger partial charge in [-0.05, 0) is 36.4 Å². The third kappa shape index (κ3) is 2.72. The van der Waals surface area contributed by atoms with E-state index in [9.17, 15) is 0 Å². The summed E-state index contributed by atoms with van der Waals surface area (Å²) in [6.07, 6.45) is 0. The number of nitrogen functional groups attached to an aromatic ring is 1. The van der Waals surface area contributed by atoms with Crippen molar-refractivity contribution in [3.05, 3.63) is 26.8 Å². The summed E-state index contributed by atoms with van der Waals surface area (Å²) in [4.78, 5) is 8.68. The Morgan fingerprint density at radius 3 is 2.32 bits per heavy atom. The first kappa shape index (κ1) is 14.2. The SMILES string of the molecule is Cc1cc(-n2nc(C(C)(C)C)c(I)c2N)nc(C)n1. The highest BCUT2D eigenvalue weighted by atomic mass is 127. The second-order valence-corrected chi connectivity index (χ2v) is 6.70. The molecule has 2 rings (SSSR count). The van der Waals surface area contributed by atoms with Crippen molar-refractivity contribution in [1.82, 2.24) is 19.7 Å². The molecule has 0 spiro atoms. The van der Waals surface area contributed by atoms with Gasteiger partial charge in [-0.1, -0.05) is 20.8 Å². The first-order valence-electron chi connectivity index (χ1n) is 6.07. The van der Waals surface area contributed by atoms with Crippen molar-refractivity contribution in [3.63, 3.8) is 0 Å². The van der Waals surface area contributed by atoms with Gasteiger partial charge in [-0.25, -0.2) is 9.97 Å². The van der Waals surface area contributed by atoms with Crippen LogP contribution in [0.4, 0.5) is 5.82 Å². The molecule has 2 aromatic heterocycles. The van der Waals surface area contributed by atoms with Gasteiger partial charge in [0.2, 0.25) is 0 Å². The highest BCUT2D eigenvalue weighted by Crippen LogP contribution is 2.30. The van der Waals surface area contributed by atoms with Gasteiger partial charge in [-0.2, -0.15) is 9.78 Å². The fourth-order valence-electron chi connectivity index (χ4n) is 1.87. The largest absolute Gasteiger partial charge is 0.383 e. The van der Waals surface area contributed by atoms with Gasteiger partial charge in [0.1, 0.15) is 11.6 Å². The summed E-state index contributed by atoms with van der Waals surface area (Å²) < 4.78 is 2.68. The van der Waals surface area contributed by atoms with E-state index in [0.717, 1.165) is 26.6 Å². The first-order chi connectivity index (χ1) is 8.70. The molecule has 5 nitrogen and oxygen atoms in total. The van der Waals surface area contributed by atoms with Crippen molar-refractivity contribution in [1.29, 1.82) is 0 Å². The molecule has 0 amide bonds. The lowest BCUT2D eigenvalue weighted by Crippen LogP contribution is -2.14. The van der Waals surface area contributed by atoms with Crippen LogP contribution in [0, 0.1) is 17.4 Å². The highest BCUT2D eigenvalue weighted by Gasteiger charge is 2.25. The molecule has 6 heteroatoms. The summed E-state index contributed by atoms with van der Waals surface area (Å²) in [5.74, 6) is 2.07. The van der Waals surface area contributed by atoms with E-state index in [1.54, 1.807) is 4.68 Å². The summed E-state index contributed by atoms with van der Waals surface area (Å²) in [6.45, 7) is 10.2. The molecule has 0 aliphatic heterocycles. The average Bonchev–Trinajstić information content (AvgIpc) is 2.54. The maximum atomic E-state index is 6.16. The van der Waals surface area contributed by atoms with Crippen LogP contribution in [0.2, 0.25) is 0 Å². The van der Waals surface area contributed by atoms with Gasteiger partial charge in [-0.15, -0.1) is 0 Å². The van der Waals surface area contributed by atoms with E-state index < -0.39 is 0 Å². The van der Waals surface area contributed by atoms with Crippen molar-refractivity contribution in [2.45, 2.75) is 40.0 Å². The predicted octanol–water partition coefficient (Wildman–Crippen LogP) is 2.76. The Kier molecular flexibility index (Phi) is 3.55. The molecule has 0 aliphatic rings. The second-order valence-electron chi connectivity index (χ2n) is 5.62. The minimum Gasteiger partial charge on any atom is -0.383 e. The molecule has 2 heterocycles. The van der Waals surface area contributed by atoms with E-state index in [1.165, 1.54) is 0 Å². The molecule has 0 radical (unpaired) electrons. The van der Waals surface area contributed by atoms with Crippen molar-refractivity contribution < 1.29 is 0 Å². The van der Waals surface area contributed by atoms with Gasteiger partial charge < -0.3 is 5.73 Å². The molecule has 102 valence electrons. The number of nitrogens with zero attached hydrogens (tertiary/aromatic N) is 4. The maximum Gasteiger partial charge on any atom is 0.159 e. The van der Waals surface area contributed by atoms with Gasteiger partial charge in [-0.3, -0.25) is 0 Å². The number of halogens is 1. The molecule has 0 fully saturated rings. The third-order valence-electron chi connectivity index (χ3n) is 2.74. The Hall–Kier alpha value is -1.18. The standard InChI is InChI=1S/C13H18IN5/c1-7-6-9(17-8(2)16-7)19-12(15)10(14)11(18-19)13(3,4)5/h6H,15H2,1-5H3. The summed E-state index contributed by atoms with van der Waals surface area (Å²) in [5.41, 5.74) is 8.01. The van der Waals surface area contributed by atoms with Gasteiger partial charge in [0.05, 0.1) is 9.26 Å². The van der Waals surface area contributed by atoms with Crippen LogP contribution in [0.5, 0.6) is 0 Å². The molecule has 0 bridgehead atoms. The van der Waals surface area contributed by atoms with Crippen LogP contribution in [0.15, 0.2) is 6.07 Å². The lowest BCUT2D eigenvalue weighted by Gasteiger charge is -2.15. The summed E-state index contributed by atoms with van der Waals surface area (Å²) >= 11 is 2.24. The van der Waals surface area contributed by atoms with E-state index in [-0.39, 0.29) is 5.41 Å². The quantitative estimate of drug-likeness (QED) is 0.783. The van der Waals surface area contributed by atoms with Crippen LogP contribution < -0.4 is 5.73 Å². The molecular weight excluding hydrogens is 353 g/mol. The zero-order chi connectivity index (χ0) is 14.4. The molecule has 0 unspecified atom stereocenters. The molecule has 2 N–H and O–H groups in total. The maximum absolute atomic E-state index is 6.16. The first-order valence-corrected chi connectivity index (χ1v) is 7.15. The van der Waals surface area contributed by atoms with Gasteiger partial charge in [0.25, 0.3) is 0 Å². The Balaban J connectivity index is 2.64. The van der Waals surface area contributed by atoms with Crippen molar-refractivity contribution >= 4 is 28.4 Å². The number of hydrogen-bond donors (Lipinski definition) is 1. The van der Waals surface area contributed by atoms with Crippen molar-refractivity contribution in [3.8, 4) is 5.82 Å². The monoisotopic (exact) mass is 371 g/mol. The topological polar surface area (TPSA) is 69.6 Å². The molecule has 0 saturated carbocycles. The zero-order valence-corrected chi connectivity index (χ0v) is 14.0. The van der Waals surface area contributed by atoms with Crippen LogP contribution in [0.3, 0.4) is 0 Å². The van der Waals surface area contributed by atoms with Crippen LogP contribution >= 0.6 is 22.6 Å². The molecule has 0 saturated heterocycles. The average molecular weight is 371 g/mol. The molecular formula is C13H18IN5. The number of hydrogen-bond acceptors (Lipinski definition) is 4. The normalized spacial score (nSPS) is 11.9. The zero-order valence-electron chi connectivity index (χ0n) is 11.8. The Bertz CT molecular complexity index is 604. The number of aromatic nitrogens is 4. The highest BCUT2D eigenvalue weighted by molar-refractivity contribution is 14.1.